The quantitative estimate of drug-likeness (QED) is 0.848. The average molecular weight is 308 g/mol. The van der Waals surface area contributed by atoms with E-state index in [0.717, 1.165) is 29.1 Å². The summed E-state index contributed by atoms with van der Waals surface area (Å²) in [4.78, 5) is 4.43. The molecule has 3 nitrogen and oxygen atoms in total. The number of halogens is 1. The predicted octanol–water partition coefficient (Wildman–Crippen LogP) is 3.70. The van der Waals surface area contributed by atoms with E-state index < -0.39 is 0 Å². The number of hydrogen-bond donors (Lipinski definition) is 1. The Morgan fingerprint density at radius 1 is 1.33 bits per heavy atom. The first-order chi connectivity index (χ1) is 10.1. The second-order valence-corrected chi connectivity index (χ2v) is 5.99. The maximum atomic E-state index is 13.6. The van der Waals surface area contributed by atoms with Crippen LogP contribution in [0.25, 0.3) is 0 Å². The van der Waals surface area contributed by atoms with Crippen molar-refractivity contribution in [2.75, 3.05) is 0 Å². The summed E-state index contributed by atoms with van der Waals surface area (Å²) in [5.74, 6) is 0.234. The van der Waals surface area contributed by atoms with Crippen LogP contribution < -0.4 is 10.5 Å². The monoisotopic (exact) mass is 308 g/mol. The number of nitrogens with two attached hydrogens (primary N) is 1. The van der Waals surface area contributed by atoms with Crippen LogP contribution in [0.3, 0.4) is 0 Å². The first-order valence-electron chi connectivity index (χ1n) is 7.21. The van der Waals surface area contributed by atoms with Crippen LogP contribution in [-0.4, -0.2) is 11.0 Å². The highest BCUT2D eigenvalue weighted by Crippen LogP contribution is 2.20. The minimum atomic E-state index is -0.293. The van der Waals surface area contributed by atoms with Gasteiger partial charge in [0.2, 0.25) is 0 Å². The van der Waals surface area contributed by atoms with Gasteiger partial charge in [-0.2, -0.15) is 0 Å². The number of nitrogens with zero attached hydrogens (tertiary/aromatic N) is 1. The first-order valence-corrected chi connectivity index (χ1v) is 8.09. The highest BCUT2D eigenvalue weighted by atomic mass is 32.1. The summed E-state index contributed by atoms with van der Waals surface area (Å²) in [7, 11) is 0. The van der Waals surface area contributed by atoms with Gasteiger partial charge in [-0.15, -0.1) is 11.3 Å². The van der Waals surface area contributed by atoms with Crippen molar-refractivity contribution in [3.05, 3.63) is 45.7 Å². The molecule has 2 N–H and O–H groups in total. The molecule has 21 heavy (non-hydrogen) atoms. The van der Waals surface area contributed by atoms with Gasteiger partial charge in [-0.05, 0) is 37.0 Å². The summed E-state index contributed by atoms with van der Waals surface area (Å²) in [6, 6.07) is 4.81. The molecule has 0 saturated heterocycles. The van der Waals surface area contributed by atoms with Crippen LogP contribution in [0.5, 0.6) is 5.75 Å². The van der Waals surface area contributed by atoms with Crippen molar-refractivity contribution in [2.24, 2.45) is 5.73 Å². The molecule has 0 spiro atoms. The van der Waals surface area contributed by atoms with Crippen molar-refractivity contribution in [2.45, 2.75) is 45.8 Å². The van der Waals surface area contributed by atoms with E-state index in [1.165, 1.54) is 12.1 Å². The van der Waals surface area contributed by atoms with Gasteiger partial charge >= 0.3 is 0 Å². The second-order valence-electron chi connectivity index (χ2n) is 5.04. The van der Waals surface area contributed by atoms with Crippen LogP contribution in [0.1, 0.15) is 36.5 Å². The summed E-state index contributed by atoms with van der Waals surface area (Å²) >= 11 is 1.62. The Kier molecular flexibility index (Phi) is 5.70. The minimum Gasteiger partial charge on any atom is -0.487 e. The number of aromatic nitrogens is 1. The predicted molar refractivity (Wildman–Crippen MR) is 84.2 cm³/mol. The van der Waals surface area contributed by atoms with Crippen LogP contribution in [-0.2, 0) is 19.4 Å². The number of benzene rings is 1. The molecule has 0 aliphatic carbocycles. The zero-order valence-corrected chi connectivity index (χ0v) is 13.3. The van der Waals surface area contributed by atoms with E-state index in [9.17, 15) is 4.39 Å². The third-order valence-corrected chi connectivity index (χ3v) is 4.28. The number of thiazole rings is 1. The number of ether oxygens (including phenoxy) is 1. The van der Waals surface area contributed by atoms with Crippen LogP contribution in [0.2, 0.25) is 0 Å². The van der Waals surface area contributed by atoms with Crippen molar-refractivity contribution < 1.29 is 9.13 Å². The summed E-state index contributed by atoms with van der Waals surface area (Å²) in [5, 5.41) is 3.06. The first kappa shape index (κ1) is 15.9. The van der Waals surface area contributed by atoms with Crippen molar-refractivity contribution in [1.82, 2.24) is 4.98 Å². The number of rotatable bonds is 7. The number of aryl methyl sites for hydroxylation is 1. The minimum absolute atomic E-state index is 0.0466. The Bertz CT molecular complexity index is 585. The molecule has 0 bridgehead atoms. The molecule has 0 amide bonds. The van der Waals surface area contributed by atoms with E-state index in [0.29, 0.717) is 18.8 Å². The van der Waals surface area contributed by atoms with Crippen molar-refractivity contribution >= 4 is 11.3 Å². The van der Waals surface area contributed by atoms with Crippen molar-refractivity contribution in [3.8, 4) is 5.75 Å². The molecule has 0 aliphatic heterocycles. The van der Waals surface area contributed by atoms with Gasteiger partial charge < -0.3 is 10.5 Å². The zero-order valence-electron chi connectivity index (χ0n) is 12.4. The Balaban J connectivity index is 2.02. The van der Waals surface area contributed by atoms with E-state index >= 15 is 0 Å². The van der Waals surface area contributed by atoms with E-state index in [1.54, 1.807) is 11.3 Å². The standard InChI is InChI=1S/C16H21FN2OS/c1-3-13(18)6-11-5-12(17)8-15(7-11)20-9-14-10-21-16(4-2)19-14/h5,7-8,10,13H,3-4,6,9,18H2,1-2H3. The zero-order chi connectivity index (χ0) is 15.2. The summed E-state index contributed by atoms with van der Waals surface area (Å²) in [5.41, 5.74) is 7.67. The molecule has 1 unspecified atom stereocenters. The van der Waals surface area contributed by atoms with Gasteiger partial charge in [-0.1, -0.05) is 13.8 Å². The van der Waals surface area contributed by atoms with E-state index in [1.807, 2.05) is 18.4 Å². The molecule has 2 rings (SSSR count). The molecule has 114 valence electrons. The Labute approximate surface area is 129 Å². The third kappa shape index (κ3) is 4.79. The second kappa shape index (κ2) is 7.52. The fourth-order valence-electron chi connectivity index (χ4n) is 2.00. The third-order valence-electron chi connectivity index (χ3n) is 3.24. The lowest BCUT2D eigenvalue weighted by Crippen LogP contribution is -2.21. The lowest BCUT2D eigenvalue weighted by molar-refractivity contribution is 0.300. The van der Waals surface area contributed by atoms with Gasteiger partial charge in [0.1, 0.15) is 18.2 Å². The molecule has 1 heterocycles. The van der Waals surface area contributed by atoms with Gasteiger partial charge in [0.05, 0.1) is 10.7 Å². The molecular weight excluding hydrogens is 287 g/mol. The molecule has 5 heteroatoms. The fraction of sp³-hybridized carbons (Fsp3) is 0.438. The smallest absolute Gasteiger partial charge is 0.131 e. The Hall–Kier alpha value is -1.46. The van der Waals surface area contributed by atoms with Crippen molar-refractivity contribution in [1.29, 1.82) is 0 Å². The van der Waals surface area contributed by atoms with Gasteiger partial charge in [0.25, 0.3) is 0 Å². The van der Waals surface area contributed by atoms with Crippen LogP contribution in [0.4, 0.5) is 4.39 Å². The highest BCUT2D eigenvalue weighted by Gasteiger charge is 2.07. The largest absolute Gasteiger partial charge is 0.487 e. The molecule has 0 radical (unpaired) electrons. The molecule has 1 aromatic heterocycles. The molecule has 0 fully saturated rings. The van der Waals surface area contributed by atoms with Crippen LogP contribution >= 0.6 is 11.3 Å². The summed E-state index contributed by atoms with van der Waals surface area (Å²) in [6.45, 7) is 4.45. The highest BCUT2D eigenvalue weighted by molar-refractivity contribution is 7.09. The lowest BCUT2D eigenvalue weighted by atomic mass is 10.0. The SMILES string of the molecule is CCc1nc(COc2cc(F)cc(CC(N)CC)c2)cs1. The topological polar surface area (TPSA) is 48.1 Å². The number of hydrogen-bond acceptors (Lipinski definition) is 4. The van der Waals surface area contributed by atoms with Gasteiger partial charge in [-0.3, -0.25) is 0 Å². The lowest BCUT2D eigenvalue weighted by Gasteiger charge is -2.11. The summed E-state index contributed by atoms with van der Waals surface area (Å²) < 4.78 is 19.3. The molecule has 1 aromatic carbocycles. The molecule has 0 saturated carbocycles. The maximum absolute atomic E-state index is 13.6. The van der Waals surface area contributed by atoms with Crippen molar-refractivity contribution in [3.63, 3.8) is 0 Å². The molecular formula is C16H21FN2OS. The van der Waals surface area contributed by atoms with Crippen LogP contribution in [0, 0.1) is 5.82 Å². The fourth-order valence-corrected chi connectivity index (χ4v) is 2.73. The molecule has 2 aromatic rings. The average Bonchev–Trinajstić information content (AvgIpc) is 2.92. The van der Waals surface area contributed by atoms with E-state index in [2.05, 4.69) is 11.9 Å². The van der Waals surface area contributed by atoms with E-state index in [4.69, 9.17) is 10.5 Å². The Morgan fingerprint density at radius 2 is 2.14 bits per heavy atom. The summed E-state index contributed by atoms with van der Waals surface area (Å²) in [6.07, 6.45) is 2.44. The van der Waals surface area contributed by atoms with E-state index in [-0.39, 0.29) is 11.9 Å². The van der Waals surface area contributed by atoms with Gasteiger partial charge in [0, 0.05) is 17.5 Å². The van der Waals surface area contributed by atoms with Gasteiger partial charge in [0.15, 0.2) is 0 Å². The van der Waals surface area contributed by atoms with Gasteiger partial charge in [-0.25, -0.2) is 9.37 Å². The maximum Gasteiger partial charge on any atom is 0.131 e. The molecule has 1 atom stereocenters. The Morgan fingerprint density at radius 3 is 2.81 bits per heavy atom. The van der Waals surface area contributed by atoms with Crippen LogP contribution in [0.15, 0.2) is 23.6 Å². The normalized spacial score (nSPS) is 12.4. The molecule has 0 aliphatic rings.